The summed E-state index contributed by atoms with van der Waals surface area (Å²) in [6, 6.07) is 5.60. The van der Waals surface area contributed by atoms with Gasteiger partial charge in [0.2, 0.25) is 5.91 Å². The lowest BCUT2D eigenvalue weighted by Crippen LogP contribution is -2.27. The lowest BCUT2D eigenvalue weighted by atomic mass is 10.0. The van der Waals surface area contributed by atoms with Crippen molar-refractivity contribution in [3.05, 3.63) is 42.0 Å². The summed E-state index contributed by atoms with van der Waals surface area (Å²) in [5.41, 5.74) is 1.62. The van der Waals surface area contributed by atoms with Gasteiger partial charge in [-0.15, -0.1) is 0 Å². The molecule has 0 aromatic carbocycles. The Morgan fingerprint density at radius 3 is 3.04 bits per heavy atom. The van der Waals surface area contributed by atoms with E-state index in [1.807, 2.05) is 19.1 Å². The molecule has 2 atom stereocenters. The molecule has 2 aromatic rings. The number of methoxy groups -OCH3 is 1. The Morgan fingerprint density at radius 2 is 2.36 bits per heavy atom. The average Bonchev–Trinajstić information content (AvgIpc) is 3.20. The van der Waals surface area contributed by atoms with E-state index in [0.717, 1.165) is 36.7 Å². The second-order valence-electron chi connectivity index (χ2n) is 6.47. The topological polar surface area (TPSA) is 80.5 Å². The minimum absolute atomic E-state index is 0.00345. The van der Waals surface area contributed by atoms with Crippen LogP contribution in [0, 0.1) is 12.8 Å². The highest BCUT2D eigenvalue weighted by Crippen LogP contribution is 2.24. The summed E-state index contributed by atoms with van der Waals surface area (Å²) in [6.07, 6.45) is 4.72. The van der Waals surface area contributed by atoms with Crippen molar-refractivity contribution in [3.63, 3.8) is 0 Å². The predicted molar refractivity (Wildman–Crippen MR) is 93.2 cm³/mol. The third-order valence-corrected chi connectivity index (χ3v) is 4.50. The van der Waals surface area contributed by atoms with Crippen molar-refractivity contribution in [1.29, 1.82) is 0 Å². The fraction of sp³-hybridized carbons (Fsp3) is 0.500. The molecule has 1 N–H and O–H groups in total. The molecule has 0 spiro atoms. The van der Waals surface area contributed by atoms with Crippen LogP contribution in [0.15, 0.2) is 35.1 Å². The van der Waals surface area contributed by atoms with Gasteiger partial charge in [-0.2, -0.15) is 0 Å². The van der Waals surface area contributed by atoms with Crippen LogP contribution < -0.4 is 5.32 Å². The van der Waals surface area contributed by atoms with E-state index in [1.54, 1.807) is 25.6 Å². The molecule has 134 valence electrons. The summed E-state index contributed by atoms with van der Waals surface area (Å²) >= 11 is 0. The molecule has 7 nitrogen and oxygen atoms in total. The van der Waals surface area contributed by atoms with Crippen molar-refractivity contribution >= 4 is 11.6 Å². The van der Waals surface area contributed by atoms with Gasteiger partial charge in [-0.05, 0) is 19.1 Å². The van der Waals surface area contributed by atoms with E-state index < -0.39 is 0 Å². The summed E-state index contributed by atoms with van der Waals surface area (Å²) in [7, 11) is 1.74. The lowest BCUT2D eigenvalue weighted by Gasteiger charge is -2.14. The van der Waals surface area contributed by atoms with Gasteiger partial charge in [0.05, 0.1) is 23.7 Å². The van der Waals surface area contributed by atoms with E-state index in [1.165, 1.54) is 0 Å². The number of aromatic nitrogens is 2. The molecule has 1 fully saturated rings. The first kappa shape index (κ1) is 17.6. The van der Waals surface area contributed by atoms with Crippen molar-refractivity contribution in [3.8, 4) is 0 Å². The molecule has 0 aliphatic carbocycles. The molecule has 1 aliphatic heterocycles. The van der Waals surface area contributed by atoms with Crippen molar-refractivity contribution in [2.75, 3.05) is 32.1 Å². The number of aryl methyl sites for hydroxylation is 1. The zero-order chi connectivity index (χ0) is 17.6. The average molecular weight is 344 g/mol. The Labute approximate surface area is 147 Å². The Kier molecular flexibility index (Phi) is 5.78. The summed E-state index contributed by atoms with van der Waals surface area (Å²) in [6.45, 7) is 4.34. The van der Waals surface area contributed by atoms with Crippen molar-refractivity contribution in [2.45, 2.75) is 25.9 Å². The van der Waals surface area contributed by atoms with E-state index in [2.05, 4.69) is 20.4 Å². The van der Waals surface area contributed by atoms with Crippen LogP contribution in [-0.4, -0.2) is 53.8 Å². The van der Waals surface area contributed by atoms with E-state index >= 15 is 0 Å². The van der Waals surface area contributed by atoms with Crippen LogP contribution in [0.4, 0.5) is 5.69 Å². The van der Waals surface area contributed by atoms with Gasteiger partial charge in [0.25, 0.3) is 0 Å². The van der Waals surface area contributed by atoms with Gasteiger partial charge in [0, 0.05) is 57.8 Å². The van der Waals surface area contributed by atoms with Crippen LogP contribution in [0.3, 0.4) is 0 Å². The number of nitrogens with one attached hydrogen (secondary N) is 1. The first-order chi connectivity index (χ1) is 12.1. The number of nitrogens with zero attached hydrogens (tertiary/aromatic N) is 3. The van der Waals surface area contributed by atoms with Crippen LogP contribution in [0.5, 0.6) is 0 Å². The van der Waals surface area contributed by atoms with E-state index in [-0.39, 0.29) is 12.0 Å². The number of carbonyl (C=O) groups is 1. The summed E-state index contributed by atoms with van der Waals surface area (Å²) < 4.78 is 10.9. The first-order valence-corrected chi connectivity index (χ1v) is 8.51. The molecule has 0 bridgehead atoms. The van der Waals surface area contributed by atoms with E-state index in [9.17, 15) is 4.79 Å². The van der Waals surface area contributed by atoms with Crippen molar-refractivity contribution in [2.24, 2.45) is 5.92 Å². The monoisotopic (exact) mass is 344 g/mol. The number of anilines is 1. The lowest BCUT2D eigenvalue weighted by molar-refractivity contribution is -0.116. The molecular weight excluding hydrogens is 320 g/mol. The number of carbonyl (C=O) groups excluding carboxylic acids is 1. The van der Waals surface area contributed by atoms with Crippen LogP contribution >= 0.6 is 0 Å². The highest BCUT2D eigenvalue weighted by molar-refractivity contribution is 5.90. The van der Waals surface area contributed by atoms with Gasteiger partial charge < -0.3 is 14.6 Å². The van der Waals surface area contributed by atoms with Gasteiger partial charge in [0.15, 0.2) is 0 Å². The molecular formula is C18H24N4O3. The number of pyridine rings is 1. The Morgan fingerprint density at radius 1 is 1.48 bits per heavy atom. The third-order valence-electron chi connectivity index (χ3n) is 4.50. The number of ether oxygens (including phenoxy) is 1. The largest absolute Gasteiger partial charge is 0.380 e. The maximum absolute atomic E-state index is 12.1. The summed E-state index contributed by atoms with van der Waals surface area (Å²) in [5.74, 6) is 1.23. The maximum atomic E-state index is 12.1. The minimum Gasteiger partial charge on any atom is -0.380 e. The molecule has 0 saturated carbocycles. The number of amides is 1. The molecule has 1 aliphatic rings. The van der Waals surface area contributed by atoms with Gasteiger partial charge in [0.1, 0.15) is 5.76 Å². The zero-order valence-electron chi connectivity index (χ0n) is 14.6. The van der Waals surface area contributed by atoms with Gasteiger partial charge in [-0.1, -0.05) is 5.16 Å². The van der Waals surface area contributed by atoms with Crippen molar-refractivity contribution in [1.82, 2.24) is 15.0 Å². The number of likely N-dealkylation sites (tertiary alicyclic amines) is 1. The second kappa shape index (κ2) is 8.22. The molecule has 25 heavy (non-hydrogen) atoms. The van der Waals surface area contributed by atoms with Crippen LogP contribution in [0.25, 0.3) is 0 Å². The van der Waals surface area contributed by atoms with Crippen molar-refractivity contribution < 1.29 is 14.1 Å². The standard InChI is InChI=1S/C18H24N4O3/c1-13-8-16(25-21-13)9-14-11-22(12-17(14)24-2)7-5-18(23)20-15-4-3-6-19-10-15/h3-4,6,8,10,14,17H,5,7,9,11-12H2,1-2H3,(H,20,23)/t14-,17+/m1/s1. The highest BCUT2D eigenvalue weighted by Gasteiger charge is 2.33. The highest BCUT2D eigenvalue weighted by atomic mass is 16.5. The number of rotatable bonds is 7. The summed E-state index contributed by atoms with van der Waals surface area (Å²) in [5, 5.41) is 6.80. The molecule has 7 heteroatoms. The maximum Gasteiger partial charge on any atom is 0.225 e. The Hall–Kier alpha value is -2.25. The predicted octanol–water partition coefficient (Wildman–Crippen LogP) is 1.90. The zero-order valence-corrected chi connectivity index (χ0v) is 14.6. The van der Waals surface area contributed by atoms with E-state index in [4.69, 9.17) is 9.26 Å². The molecule has 3 heterocycles. The molecule has 1 amide bonds. The van der Waals surface area contributed by atoms with Gasteiger partial charge in [-0.3, -0.25) is 14.7 Å². The SMILES string of the molecule is CO[C@H]1CN(CCC(=O)Nc2cccnc2)C[C@H]1Cc1cc(C)no1. The molecule has 1 saturated heterocycles. The van der Waals surface area contributed by atoms with Crippen LogP contribution in [0.2, 0.25) is 0 Å². The number of hydrogen-bond donors (Lipinski definition) is 1. The third kappa shape index (κ3) is 4.87. The Balaban J connectivity index is 1.47. The fourth-order valence-electron chi connectivity index (χ4n) is 3.26. The fourth-order valence-corrected chi connectivity index (χ4v) is 3.26. The van der Waals surface area contributed by atoms with E-state index in [0.29, 0.717) is 18.9 Å². The molecule has 0 unspecified atom stereocenters. The first-order valence-electron chi connectivity index (χ1n) is 8.51. The summed E-state index contributed by atoms with van der Waals surface area (Å²) in [4.78, 5) is 18.3. The Bertz CT molecular complexity index is 689. The smallest absolute Gasteiger partial charge is 0.225 e. The quantitative estimate of drug-likeness (QED) is 0.826. The molecule has 2 aromatic heterocycles. The van der Waals surface area contributed by atoms with Gasteiger partial charge in [-0.25, -0.2) is 0 Å². The molecule has 3 rings (SSSR count). The second-order valence-corrected chi connectivity index (χ2v) is 6.47. The van der Waals surface area contributed by atoms with Crippen LogP contribution in [0.1, 0.15) is 17.9 Å². The van der Waals surface area contributed by atoms with Gasteiger partial charge >= 0.3 is 0 Å². The number of hydrogen-bond acceptors (Lipinski definition) is 6. The molecule has 0 radical (unpaired) electrons. The normalized spacial score (nSPS) is 20.7. The van der Waals surface area contributed by atoms with Crippen LogP contribution in [-0.2, 0) is 16.0 Å². The minimum atomic E-state index is -0.00345.